The van der Waals surface area contributed by atoms with Gasteiger partial charge in [-0.05, 0) is 37.6 Å². The van der Waals surface area contributed by atoms with Crippen LogP contribution in [0.15, 0.2) is 0 Å². The molecule has 0 aliphatic rings. The molecule has 0 saturated heterocycles. The molecule has 0 aliphatic carbocycles. The maximum absolute atomic E-state index is 11.4. The van der Waals surface area contributed by atoms with Crippen LogP contribution in [0.4, 0.5) is 0 Å². The number of aliphatic hydroxyl groups excluding tert-OH is 1. The van der Waals surface area contributed by atoms with Gasteiger partial charge in [0.05, 0.1) is 0 Å². The van der Waals surface area contributed by atoms with Crippen LogP contribution in [0.2, 0.25) is 0 Å². The summed E-state index contributed by atoms with van der Waals surface area (Å²) >= 11 is 0. The third-order valence-corrected chi connectivity index (χ3v) is 2.54. The standard InChI is InChI=1S/C12H26N2O2/c1-10(2)8-11(5-7-15)9-14-12(16)4-3-6-13/h10-11,15H,3-9,13H2,1-2H3,(H,14,16). The first kappa shape index (κ1) is 15.4. The molecule has 0 aliphatic heterocycles. The Kier molecular flexibility index (Phi) is 9.24. The fraction of sp³-hybridized carbons (Fsp3) is 0.917. The highest BCUT2D eigenvalue weighted by atomic mass is 16.3. The molecule has 0 radical (unpaired) electrons. The fourth-order valence-corrected chi connectivity index (χ4v) is 1.76. The highest BCUT2D eigenvalue weighted by Crippen LogP contribution is 2.14. The highest BCUT2D eigenvalue weighted by molar-refractivity contribution is 5.75. The zero-order valence-electron chi connectivity index (χ0n) is 10.5. The summed E-state index contributed by atoms with van der Waals surface area (Å²) in [5, 5.41) is 11.8. The van der Waals surface area contributed by atoms with Crippen molar-refractivity contribution in [3.05, 3.63) is 0 Å². The summed E-state index contributed by atoms with van der Waals surface area (Å²) in [7, 11) is 0. The first-order valence-corrected chi connectivity index (χ1v) is 6.17. The molecule has 0 aromatic carbocycles. The van der Waals surface area contributed by atoms with Gasteiger partial charge in [-0.3, -0.25) is 4.79 Å². The van der Waals surface area contributed by atoms with E-state index in [2.05, 4.69) is 19.2 Å². The predicted molar refractivity (Wildman–Crippen MR) is 65.9 cm³/mol. The van der Waals surface area contributed by atoms with Gasteiger partial charge in [0.2, 0.25) is 5.91 Å². The average Bonchev–Trinajstić information content (AvgIpc) is 2.22. The maximum atomic E-state index is 11.4. The van der Waals surface area contributed by atoms with E-state index in [1.165, 1.54) is 0 Å². The monoisotopic (exact) mass is 230 g/mol. The first-order chi connectivity index (χ1) is 7.60. The summed E-state index contributed by atoms with van der Waals surface area (Å²) in [6.45, 7) is 5.72. The molecule has 0 heterocycles. The average molecular weight is 230 g/mol. The number of nitrogens with one attached hydrogen (secondary N) is 1. The summed E-state index contributed by atoms with van der Waals surface area (Å²) in [6.07, 6.45) is 3.04. The van der Waals surface area contributed by atoms with E-state index < -0.39 is 0 Å². The van der Waals surface area contributed by atoms with Gasteiger partial charge in [0.1, 0.15) is 0 Å². The Morgan fingerprint density at radius 3 is 2.62 bits per heavy atom. The molecule has 0 spiro atoms. The quantitative estimate of drug-likeness (QED) is 0.550. The molecule has 0 rings (SSSR count). The Hall–Kier alpha value is -0.610. The van der Waals surface area contributed by atoms with Crippen LogP contribution in [-0.4, -0.2) is 30.7 Å². The fourth-order valence-electron chi connectivity index (χ4n) is 1.76. The van der Waals surface area contributed by atoms with Crippen LogP contribution in [0.1, 0.15) is 39.5 Å². The summed E-state index contributed by atoms with van der Waals surface area (Å²) in [5.74, 6) is 1.04. The lowest BCUT2D eigenvalue weighted by molar-refractivity contribution is -0.121. The lowest BCUT2D eigenvalue weighted by atomic mass is 9.94. The highest BCUT2D eigenvalue weighted by Gasteiger charge is 2.11. The third-order valence-electron chi connectivity index (χ3n) is 2.54. The first-order valence-electron chi connectivity index (χ1n) is 6.17. The van der Waals surface area contributed by atoms with Crippen molar-refractivity contribution in [2.45, 2.75) is 39.5 Å². The van der Waals surface area contributed by atoms with E-state index >= 15 is 0 Å². The van der Waals surface area contributed by atoms with E-state index in [0.717, 1.165) is 19.3 Å². The molecule has 16 heavy (non-hydrogen) atoms. The van der Waals surface area contributed by atoms with Gasteiger partial charge in [0.25, 0.3) is 0 Å². The van der Waals surface area contributed by atoms with Gasteiger partial charge in [-0.2, -0.15) is 0 Å². The van der Waals surface area contributed by atoms with Gasteiger partial charge in [0, 0.05) is 19.6 Å². The molecule has 0 aromatic rings. The maximum Gasteiger partial charge on any atom is 0.220 e. The Balaban J connectivity index is 3.77. The Morgan fingerprint density at radius 2 is 2.12 bits per heavy atom. The summed E-state index contributed by atoms with van der Waals surface area (Å²) in [5.41, 5.74) is 5.33. The molecule has 96 valence electrons. The number of rotatable bonds is 9. The van der Waals surface area contributed by atoms with Crippen molar-refractivity contribution in [2.24, 2.45) is 17.6 Å². The van der Waals surface area contributed by atoms with Crippen LogP contribution >= 0.6 is 0 Å². The zero-order chi connectivity index (χ0) is 12.4. The van der Waals surface area contributed by atoms with Crippen molar-refractivity contribution in [1.29, 1.82) is 0 Å². The van der Waals surface area contributed by atoms with Gasteiger partial charge >= 0.3 is 0 Å². The van der Waals surface area contributed by atoms with E-state index in [1.54, 1.807) is 0 Å². The van der Waals surface area contributed by atoms with Crippen LogP contribution in [0.3, 0.4) is 0 Å². The second kappa shape index (κ2) is 9.60. The van der Waals surface area contributed by atoms with Gasteiger partial charge in [-0.15, -0.1) is 0 Å². The summed E-state index contributed by atoms with van der Waals surface area (Å²) in [6, 6.07) is 0. The number of hydrogen-bond acceptors (Lipinski definition) is 3. The molecule has 0 bridgehead atoms. The van der Waals surface area contributed by atoms with Crippen LogP contribution < -0.4 is 11.1 Å². The van der Waals surface area contributed by atoms with E-state index in [0.29, 0.717) is 31.3 Å². The number of nitrogens with two attached hydrogens (primary N) is 1. The number of hydrogen-bond donors (Lipinski definition) is 3. The van der Waals surface area contributed by atoms with Gasteiger partial charge in [-0.1, -0.05) is 13.8 Å². The van der Waals surface area contributed by atoms with Crippen molar-refractivity contribution < 1.29 is 9.90 Å². The van der Waals surface area contributed by atoms with E-state index in [9.17, 15) is 4.79 Å². The molecule has 4 N–H and O–H groups in total. The number of carbonyl (C=O) groups excluding carboxylic acids is 1. The lowest BCUT2D eigenvalue weighted by Crippen LogP contribution is -2.30. The Labute approximate surface area is 98.6 Å². The van der Waals surface area contributed by atoms with Crippen LogP contribution in [0.25, 0.3) is 0 Å². The lowest BCUT2D eigenvalue weighted by Gasteiger charge is -2.18. The van der Waals surface area contributed by atoms with Gasteiger partial charge in [0.15, 0.2) is 0 Å². The molecule has 0 saturated carbocycles. The molecule has 1 unspecified atom stereocenters. The second-order valence-electron chi connectivity index (χ2n) is 4.70. The molecule has 4 nitrogen and oxygen atoms in total. The molecular weight excluding hydrogens is 204 g/mol. The minimum absolute atomic E-state index is 0.0668. The van der Waals surface area contributed by atoms with E-state index in [1.807, 2.05) is 0 Å². The van der Waals surface area contributed by atoms with Crippen molar-refractivity contribution in [2.75, 3.05) is 19.7 Å². The number of aliphatic hydroxyl groups is 1. The third kappa shape index (κ3) is 8.68. The normalized spacial score (nSPS) is 12.8. The van der Waals surface area contributed by atoms with Gasteiger partial charge in [-0.25, -0.2) is 0 Å². The topological polar surface area (TPSA) is 75.3 Å². The minimum atomic E-state index is 0.0668. The molecule has 0 aromatic heterocycles. The zero-order valence-corrected chi connectivity index (χ0v) is 10.5. The molecule has 1 atom stereocenters. The Morgan fingerprint density at radius 1 is 1.44 bits per heavy atom. The SMILES string of the molecule is CC(C)CC(CCO)CNC(=O)CCCN. The molecule has 0 fully saturated rings. The Bertz CT molecular complexity index is 184. The van der Waals surface area contributed by atoms with E-state index in [4.69, 9.17) is 10.8 Å². The van der Waals surface area contributed by atoms with Crippen molar-refractivity contribution in [3.63, 3.8) is 0 Å². The number of carbonyl (C=O) groups is 1. The predicted octanol–water partition coefficient (Wildman–Crippen LogP) is 0.886. The smallest absolute Gasteiger partial charge is 0.220 e. The minimum Gasteiger partial charge on any atom is -0.396 e. The van der Waals surface area contributed by atoms with Crippen molar-refractivity contribution >= 4 is 5.91 Å². The molecule has 1 amide bonds. The van der Waals surface area contributed by atoms with Crippen LogP contribution in [0, 0.1) is 11.8 Å². The largest absolute Gasteiger partial charge is 0.396 e. The molecule has 4 heteroatoms. The van der Waals surface area contributed by atoms with E-state index in [-0.39, 0.29) is 12.5 Å². The summed E-state index contributed by atoms with van der Waals surface area (Å²) in [4.78, 5) is 11.4. The van der Waals surface area contributed by atoms with Crippen molar-refractivity contribution in [3.8, 4) is 0 Å². The second-order valence-corrected chi connectivity index (χ2v) is 4.70. The molecular formula is C12H26N2O2. The van der Waals surface area contributed by atoms with Crippen molar-refractivity contribution in [1.82, 2.24) is 5.32 Å². The van der Waals surface area contributed by atoms with Crippen LogP contribution in [0.5, 0.6) is 0 Å². The van der Waals surface area contributed by atoms with Gasteiger partial charge < -0.3 is 16.2 Å². The van der Waals surface area contributed by atoms with Crippen LogP contribution in [-0.2, 0) is 4.79 Å². The number of amides is 1. The summed E-state index contributed by atoms with van der Waals surface area (Å²) < 4.78 is 0.